The van der Waals surface area contributed by atoms with Gasteiger partial charge in [-0.2, -0.15) is 0 Å². The van der Waals surface area contributed by atoms with E-state index >= 15 is 0 Å². The molecule has 18 heavy (non-hydrogen) atoms. The molecule has 0 spiro atoms. The molecule has 1 aliphatic carbocycles. The smallest absolute Gasteiger partial charge is 0.308 e. The van der Waals surface area contributed by atoms with Gasteiger partial charge in [-0.15, -0.1) is 0 Å². The second-order valence-electron chi connectivity index (χ2n) is 5.79. The first-order valence-electron chi connectivity index (χ1n) is 7.10. The maximum Gasteiger partial charge on any atom is 0.308 e. The van der Waals surface area contributed by atoms with Crippen molar-refractivity contribution in [2.45, 2.75) is 44.6 Å². The Morgan fingerprint density at radius 1 is 1.11 bits per heavy atom. The summed E-state index contributed by atoms with van der Waals surface area (Å²) in [5.41, 5.74) is 0. The summed E-state index contributed by atoms with van der Waals surface area (Å²) in [6, 6.07) is 0.229. The van der Waals surface area contributed by atoms with Crippen molar-refractivity contribution in [2.75, 3.05) is 34.2 Å². The van der Waals surface area contributed by atoms with Crippen molar-refractivity contribution in [3.63, 3.8) is 0 Å². The fourth-order valence-electron chi connectivity index (χ4n) is 2.91. The van der Waals surface area contributed by atoms with Gasteiger partial charge in [0.15, 0.2) is 0 Å². The van der Waals surface area contributed by atoms with E-state index in [0.29, 0.717) is 0 Å². The highest BCUT2D eigenvalue weighted by Crippen LogP contribution is 2.27. The Morgan fingerprint density at radius 2 is 1.78 bits per heavy atom. The fraction of sp³-hybridized carbons (Fsp3) is 0.929. The third kappa shape index (κ3) is 4.94. The number of carboxylic acids is 1. The first-order chi connectivity index (χ1) is 8.52. The van der Waals surface area contributed by atoms with Crippen LogP contribution in [0.4, 0.5) is 0 Å². The zero-order chi connectivity index (χ0) is 13.5. The van der Waals surface area contributed by atoms with E-state index in [1.165, 1.54) is 12.8 Å². The molecular weight excluding hydrogens is 228 g/mol. The lowest BCUT2D eigenvalue weighted by Gasteiger charge is -2.31. The number of carboxylic acid groups (broad SMARTS) is 1. The normalized spacial score (nSPS) is 25.4. The van der Waals surface area contributed by atoms with Crippen LogP contribution in [0.15, 0.2) is 0 Å². The molecular formula is C14H28N2O2. The Labute approximate surface area is 111 Å². The Kier molecular flexibility index (Phi) is 6.65. The van der Waals surface area contributed by atoms with Crippen molar-refractivity contribution in [1.29, 1.82) is 0 Å². The molecule has 1 fully saturated rings. The van der Waals surface area contributed by atoms with Crippen LogP contribution >= 0.6 is 0 Å². The number of hydrogen-bond acceptors (Lipinski definition) is 3. The minimum atomic E-state index is -0.610. The van der Waals surface area contributed by atoms with E-state index in [1.807, 2.05) is 0 Å². The van der Waals surface area contributed by atoms with Crippen LogP contribution in [0.5, 0.6) is 0 Å². The molecule has 0 aromatic rings. The van der Waals surface area contributed by atoms with Gasteiger partial charge >= 0.3 is 5.97 Å². The average molecular weight is 256 g/mol. The molecule has 0 heterocycles. The van der Waals surface area contributed by atoms with Crippen LogP contribution < -0.4 is 0 Å². The minimum Gasteiger partial charge on any atom is -0.481 e. The number of hydrogen-bond donors (Lipinski definition) is 1. The van der Waals surface area contributed by atoms with Crippen LogP contribution in [0, 0.1) is 5.92 Å². The van der Waals surface area contributed by atoms with Gasteiger partial charge in [-0.1, -0.05) is 19.3 Å². The zero-order valence-corrected chi connectivity index (χ0v) is 12.1. The predicted octanol–water partition coefficient (Wildman–Crippen LogP) is 1.90. The van der Waals surface area contributed by atoms with Crippen molar-refractivity contribution >= 4 is 5.97 Å². The Balaban J connectivity index is 2.50. The van der Waals surface area contributed by atoms with Crippen molar-refractivity contribution in [1.82, 2.24) is 9.80 Å². The molecule has 1 N–H and O–H groups in total. The average Bonchev–Trinajstić information content (AvgIpc) is 2.53. The van der Waals surface area contributed by atoms with Gasteiger partial charge in [-0.3, -0.25) is 4.79 Å². The molecule has 0 radical (unpaired) electrons. The molecule has 4 heteroatoms. The van der Waals surface area contributed by atoms with Gasteiger partial charge in [-0.25, -0.2) is 0 Å². The summed E-state index contributed by atoms with van der Waals surface area (Å²) in [7, 11) is 6.24. The standard InChI is InChI=1S/C14H28N2O2/c1-15(2)10-7-11-16(3)13-9-6-4-5-8-12(13)14(17)18/h12-13H,4-11H2,1-3H3,(H,17,18). The van der Waals surface area contributed by atoms with E-state index in [4.69, 9.17) is 0 Å². The van der Waals surface area contributed by atoms with Gasteiger partial charge in [0.05, 0.1) is 5.92 Å². The second-order valence-corrected chi connectivity index (χ2v) is 5.79. The molecule has 1 rings (SSSR count). The lowest BCUT2D eigenvalue weighted by molar-refractivity contribution is -0.144. The van der Waals surface area contributed by atoms with E-state index < -0.39 is 5.97 Å². The summed E-state index contributed by atoms with van der Waals surface area (Å²) in [6.45, 7) is 2.06. The quantitative estimate of drug-likeness (QED) is 0.737. The summed E-state index contributed by atoms with van der Waals surface area (Å²) < 4.78 is 0. The molecule has 0 bridgehead atoms. The number of nitrogens with zero attached hydrogens (tertiary/aromatic N) is 2. The molecule has 1 saturated carbocycles. The molecule has 0 aromatic carbocycles. The van der Waals surface area contributed by atoms with Gasteiger partial charge in [0.25, 0.3) is 0 Å². The molecule has 0 saturated heterocycles. The Hall–Kier alpha value is -0.610. The van der Waals surface area contributed by atoms with Crippen LogP contribution in [-0.2, 0) is 4.79 Å². The van der Waals surface area contributed by atoms with Gasteiger partial charge in [0.2, 0.25) is 0 Å². The minimum absolute atomic E-state index is 0.170. The van der Waals surface area contributed by atoms with Crippen LogP contribution in [0.1, 0.15) is 38.5 Å². The number of carbonyl (C=O) groups is 1. The largest absolute Gasteiger partial charge is 0.481 e. The van der Waals surface area contributed by atoms with E-state index in [2.05, 4.69) is 30.9 Å². The zero-order valence-electron chi connectivity index (χ0n) is 12.1. The molecule has 2 unspecified atom stereocenters. The summed E-state index contributed by atoms with van der Waals surface area (Å²) in [4.78, 5) is 15.8. The lowest BCUT2D eigenvalue weighted by Crippen LogP contribution is -2.41. The van der Waals surface area contributed by atoms with Gasteiger partial charge in [0.1, 0.15) is 0 Å². The molecule has 0 aliphatic heterocycles. The first kappa shape index (κ1) is 15.4. The fourth-order valence-corrected chi connectivity index (χ4v) is 2.91. The van der Waals surface area contributed by atoms with Crippen LogP contribution in [0.3, 0.4) is 0 Å². The monoisotopic (exact) mass is 256 g/mol. The third-order valence-corrected chi connectivity index (χ3v) is 3.98. The van der Waals surface area contributed by atoms with Crippen LogP contribution in [0.25, 0.3) is 0 Å². The molecule has 1 aliphatic rings. The lowest BCUT2D eigenvalue weighted by atomic mass is 9.93. The van der Waals surface area contributed by atoms with Gasteiger partial charge in [-0.05, 0) is 53.5 Å². The topological polar surface area (TPSA) is 43.8 Å². The van der Waals surface area contributed by atoms with Gasteiger partial charge in [0, 0.05) is 6.04 Å². The first-order valence-corrected chi connectivity index (χ1v) is 7.10. The van der Waals surface area contributed by atoms with Crippen molar-refractivity contribution in [3.05, 3.63) is 0 Å². The summed E-state index contributed by atoms with van der Waals surface area (Å²) >= 11 is 0. The van der Waals surface area contributed by atoms with E-state index in [-0.39, 0.29) is 12.0 Å². The summed E-state index contributed by atoms with van der Waals surface area (Å²) in [6.07, 6.45) is 6.41. The highest BCUT2D eigenvalue weighted by Gasteiger charge is 2.31. The Morgan fingerprint density at radius 3 is 2.39 bits per heavy atom. The van der Waals surface area contributed by atoms with Crippen LogP contribution in [-0.4, -0.2) is 61.2 Å². The molecule has 106 valence electrons. The molecule has 0 amide bonds. The number of aliphatic carboxylic acids is 1. The van der Waals surface area contributed by atoms with E-state index in [0.717, 1.165) is 38.8 Å². The highest BCUT2D eigenvalue weighted by molar-refractivity contribution is 5.70. The predicted molar refractivity (Wildman–Crippen MR) is 73.8 cm³/mol. The van der Waals surface area contributed by atoms with Crippen LogP contribution in [0.2, 0.25) is 0 Å². The van der Waals surface area contributed by atoms with Crippen molar-refractivity contribution in [2.24, 2.45) is 5.92 Å². The molecule has 2 atom stereocenters. The Bertz CT molecular complexity index is 256. The molecule has 4 nitrogen and oxygen atoms in total. The summed E-state index contributed by atoms with van der Waals surface area (Å²) in [5, 5.41) is 9.36. The maximum atomic E-state index is 11.4. The van der Waals surface area contributed by atoms with Crippen molar-refractivity contribution < 1.29 is 9.90 Å². The SMILES string of the molecule is CN(C)CCCN(C)C1CCCCCC1C(=O)O. The molecule has 0 aromatic heterocycles. The van der Waals surface area contributed by atoms with Gasteiger partial charge < -0.3 is 14.9 Å². The highest BCUT2D eigenvalue weighted by atomic mass is 16.4. The van der Waals surface area contributed by atoms with E-state index in [1.54, 1.807) is 0 Å². The summed E-state index contributed by atoms with van der Waals surface area (Å²) in [5.74, 6) is -0.779. The third-order valence-electron chi connectivity index (χ3n) is 3.98. The van der Waals surface area contributed by atoms with E-state index in [9.17, 15) is 9.90 Å². The maximum absolute atomic E-state index is 11.4. The second kappa shape index (κ2) is 7.74. The number of rotatable bonds is 6. The van der Waals surface area contributed by atoms with Crippen molar-refractivity contribution in [3.8, 4) is 0 Å².